The molecule has 0 amide bonds. The first-order valence-electron chi connectivity index (χ1n) is 8.38. The van der Waals surface area contributed by atoms with E-state index in [9.17, 15) is 0 Å². The normalized spacial score (nSPS) is 11.1. The summed E-state index contributed by atoms with van der Waals surface area (Å²) in [5.74, 6) is 0.741. The number of nitrogens with zero attached hydrogens (tertiary/aromatic N) is 2. The van der Waals surface area contributed by atoms with Crippen molar-refractivity contribution in [2.45, 2.75) is 20.8 Å². The summed E-state index contributed by atoms with van der Waals surface area (Å²) in [4.78, 5) is 9.79. The Labute approximate surface area is 161 Å². The smallest absolute Gasteiger partial charge is 0.225 e. The van der Waals surface area contributed by atoms with Crippen LogP contribution in [0.25, 0.3) is 21.3 Å². The van der Waals surface area contributed by atoms with Crippen molar-refractivity contribution in [1.29, 1.82) is 0 Å². The number of hydrogen-bond donors (Lipinski definition) is 1. The van der Waals surface area contributed by atoms with Crippen LogP contribution in [0.15, 0.2) is 47.8 Å². The Balaban J connectivity index is 1.89. The van der Waals surface area contributed by atoms with Gasteiger partial charge in [0.05, 0.1) is 5.39 Å². The summed E-state index contributed by atoms with van der Waals surface area (Å²) in [6.07, 6.45) is 0. The third-order valence-electron chi connectivity index (χ3n) is 4.63. The van der Waals surface area contributed by atoms with Crippen LogP contribution < -0.4 is 5.32 Å². The van der Waals surface area contributed by atoms with E-state index in [2.05, 4.69) is 77.8 Å². The van der Waals surface area contributed by atoms with Gasteiger partial charge in [0.2, 0.25) is 5.28 Å². The number of halogens is 1. The average Bonchev–Trinajstić information content (AvgIpc) is 3.03. The van der Waals surface area contributed by atoms with Gasteiger partial charge in [-0.05, 0) is 55.1 Å². The lowest BCUT2D eigenvalue weighted by atomic mass is 10.0. The maximum atomic E-state index is 6.18. The highest BCUT2D eigenvalue weighted by molar-refractivity contribution is 7.17. The fourth-order valence-corrected chi connectivity index (χ4v) is 4.13. The summed E-state index contributed by atoms with van der Waals surface area (Å²) in [7, 11) is 0. The predicted molar refractivity (Wildman–Crippen MR) is 112 cm³/mol. The molecule has 130 valence electrons. The van der Waals surface area contributed by atoms with Gasteiger partial charge in [-0.15, -0.1) is 11.3 Å². The van der Waals surface area contributed by atoms with E-state index in [0.29, 0.717) is 0 Å². The fraction of sp³-hybridized carbons (Fsp3) is 0.143. The van der Waals surface area contributed by atoms with Crippen LogP contribution in [0.5, 0.6) is 0 Å². The molecule has 26 heavy (non-hydrogen) atoms. The number of rotatable bonds is 3. The lowest BCUT2D eigenvalue weighted by molar-refractivity contribution is 1.22. The van der Waals surface area contributed by atoms with E-state index in [1.165, 1.54) is 16.7 Å². The molecule has 0 aliphatic rings. The number of nitrogens with one attached hydrogen (secondary N) is 1. The standard InChI is InChI=1S/C21H18ClN3S/c1-12-7-9-15(10-8-12)16-11-26-20-18(16)19(24-21(22)25-20)23-17-6-4-5-13(2)14(17)3/h4-11H,1-3H3,(H,23,24,25). The highest BCUT2D eigenvalue weighted by Gasteiger charge is 2.16. The zero-order chi connectivity index (χ0) is 18.3. The third kappa shape index (κ3) is 3.06. The van der Waals surface area contributed by atoms with E-state index in [1.807, 2.05) is 6.07 Å². The van der Waals surface area contributed by atoms with E-state index in [-0.39, 0.29) is 5.28 Å². The maximum absolute atomic E-state index is 6.18. The van der Waals surface area contributed by atoms with E-state index >= 15 is 0 Å². The molecule has 0 saturated carbocycles. The van der Waals surface area contributed by atoms with Crippen molar-refractivity contribution in [3.63, 3.8) is 0 Å². The molecule has 0 radical (unpaired) electrons. The van der Waals surface area contributed by atoms with E-state index in [1.54, 1.807) is 11.3 Å². The molecule has 5 heteroatoms. The van der Waals surface area contributed by atoms with Crippen LogP contribution in [0.3, 0.4) is 0 Å². The summed E-state index contributed by atoms with van der Waals surface area (Å²) < 4.78 is 0. The first-order chi connectivity index (χ1) is 12.5. The van der Waals surface area contributed by atoms with E-state index in [0.717, 1.165) is 32.8 Å². The number of fused-ring (bicyclic) bond motifs is 1. The van der Waals surface area contributed by atoms with Crippen molar-refractivity contribution in [1.82, 2.24) is 9.97 Å². The molecule has 3 nitrogen and oxygen atoms in total. The first-order valence-corrected chi connectivity index (χ1v) is 9.63. The highest BCUT2D eigenvalue weighted by atomic mass is 35.5. The Hall–Kier alpha value is -2.43. The first kappa shape index (κ1) is 17.0. The van der Waals surface area contributed by atoms with Crippen LogP contribution >= 0.6 is 22.9 Å². The summed E-state index contributed by atoms with van der Waals surface area (Å²) >= 11 is 7.77. The SMILES string of the molecule is Cc1ccc(-c2csc3nc(Cl)nc(Nc4cccc(C)c4C)c23)cc1. The molecule has 0 aliphatic heterocycles. The van der Waals surface area contributed by atoms with Crippen molar-refractivity contribution < 1.29 is 0 Å². The van der Waals surface area contributed by atoms with E-state index in [4.69, 9.17) is 11.6 Å². The molecule has 0 spiro atoms. The topological polar surface area (TPSA) is 37.8 Å². The lowest BCUT2D eigenvalue weighted by Crippen LogP contribution is -1.99. The van der Waals surface area contributed by atoms with Crippen molar-refractivity contribution in [2.75, 3.05) is 5.32 Å². The monoisotopic (exact) mass is 379 g/mol. The molecule has 2 aromatic carbocycles. The summed E-state index contributed by atoms with van der Waals surface area (Å²) in [6.45, 7) is 6.30. The number of hydrogen-bond acceptors (Lipinski definition) is 4. The molecule has 4 rings (SSSR count). The zero-order valence-corrected chi connectivity index (χ0v) is 16.4. The van der Waals surface area contributed by atoms with Gasteiger partial charge in [-0.3, -0.25) is 0 Å². The minimum atomic E-state index is 0.252. The molecule has 4 aromatic rings. The predicted octanol–water partition coefficient (Wildman–Crippen LogP) is 6.68. The van der Waals surface area contributed by atoms with Gasteiger partial charge in [0.15, 0.2) is 0 Å². The van der Waals surface area contributed by atoms with Crippen molar-refractivity contribution in [3.8, 4) is 11.1 Å². The molecule has 0 aliphatic carbocycles. The Morgan fingerprint density at radius 3 is 2.50 bits per heavy atom. The summed E-state index contributed by atoms with van der Waals surface area (Å²) in [6, 6.07) is 14.7. The molecule has 0 bridgehead atoms. The van der Waals surface area contributed by atoms with Gasteiger partial charge < -0.3 is 5.32 Å². The maximum Gasteiger partial charge on any atom is 0.225 e. The van der Waals surface area contributed by atoms with E-state index < -0.39 is 0 Å². The minimum absolute atomic E-state index is 0.252. The molecule has 0 fully saturated rings. The Kier molecular flexibility index (Phi) is 4.39. The molecule has 0 atom stereocenters. The number of thiophene rings is 1. The second kappa shape index (κ2) is 6.71. The quantitative estimate of drug-likeness (QED) is 0.403. The number of aromatic nitrogens is 2. The Morgan fingerprint density at radius 2 is 1.73 bits per heavy atom. The zero-order valence-electron chi connectivity index (χ0n) is 14.8. The largest absolute Gasteiger partial charge is 0.339 e. The van der Waals surface area contributed by atoms with Crippen LogP contribution in [0.4, 0.5) is 11.5 Å². The minimum Gasteiger partial charge on any atom is -0.339 e. The van der Waals surface area contributed by atoms with Crippen LogP contribution in [0.2, 0.25) is 5.28 Å². The van der Waals surface area contributed by atoms with Gasteiger partial charge in [-0.1, -0.05) is 42.0 Å². The summed E-state index contributed by atoms with van der Waals surface area (Å²) in [5, 5.41) is 6.85. The van der Waals surface area contributed by atoms with Gasteiger partial charge in [-0.2, -0.15) is 4.98 Å². The van der Waals surface area contributed by atoms with Gasteiger partial charge in [-0.25, -0.2) is 4.98 Å². The molecule has 2 heterocycles. The van der Waals surface area contributed by atoms with Crippen LogP contribution in [0, 0.1) is 20.8 Å². The number of benzene rings is 2. The lowest BCUT2D eigenvalue weighted by Gasteiger charge is -2.13. The Bertz CT molecular complexity index is 1100. The molecule has 0 unspecified atom stereocenters. The molecule has 0 saturated heterocycles. The Morgan fingerprint density at radius 1 is 0.962 bits per heavy atom. The third-order valence-corrected chi connectivity index (χ3v) is 5.67. The number of aryl methyl sites for hydroxylation is 2. The van der Waals surface area contributed by atoms with Crippen molar-refractivity contribution in [2.24, 2.45) is 0 Å². The highest BCUT2D eigenvalue weighted by Crippen LogP contribution is 2.39. The van der Waals surface area contributed by atoms with Crippen molar-refractivity contribution >= 4 is 44.7 Å². The van der Waals surface area contributed by atoms with Gasteiger partial charge in [0, 0.05) is 16.6 Å². The second-order valence-electron chi connectivity index (χ2n) is 6.41. The molecule has 2 aromatic heterocycles. The van der Waals surface area contributed by atoms with Crippen LogP contribution in [0.1, 0.15) is 16.7 Å². The second-order valence-corrected chi connectivity index (χ2v) is 7.61. The van der Waals surface area contributed by atoms with Crippen molar-refractivity contribution in [3.05, 3.63) is 69.8 Å². The average molecular weight is 380 g/mol. The van der Waals surface area contributed by atoms with Gasteiger partial charge in [0.1, 0.15) is 10.6 Å². The van der Waals surface area contributed by atoms with Gasteiger partial charge in [0.25, 0.3) is 0 Å². The molecular formula is C21H18ClN3S. The van der Waals surface area contributed by atoms with Crippen LogP contribution in [-0.4, -0.2) is 9.97 Å². The van der Waals surface area contributed by atoms with Crippen LogP contribution in [-0.2, 0) is 0 Å². The fourth-order valence-electron chi connectivity index (χ4n) is 2.97. The molecular weight excluding hydrogens is 362 g/mol. The number of anilines is 2. The van der Waals surface area contributed by atoms with Gasteiger partial charge >= 0.3 is 0 Å². The summed E-state index contributed by atoms with van der Waals surface area (Å²) in [5.41, 5.74) is 6.97. The molecule has 1 N–H and O–H groups in total.